The van der Waals surface area contributed by atoms with E-state index in [-0.39, 0.29) is 24.5 Å². The number of fused-ring (bicyclic) bond motifs is 1. The van der Waals surface area contributed by atoms with Crippen LogP contribution in [-0.2, 0) is 20.9 Å². The Balaban J connectivity index is 1.09. The number of ether oxygens (including phenoxy) is 1. The van der Waals surface area contributed by atoms with Crippen molar-refractivity contribution in [3.05, 3.63) is 29.3 Å². The lowest BCUT2D eigenvalue weighted by molar-refractivity contribution is -0.146. The molecule has 0 atom stereocenters. The molecule has 1 heterocycles. The van der Waals surface area contributed by atoms with E-state index in [2.05, 4.69) is 10.3 Å². The summed E-state index contributed by atoms with van der Waals surface area (Å²) in [6, 6.07) is 7.86. The maximum Gasteiger partial charge on any atom is 0.325 e. The van der Waals surface area contributed by atoms with Crippen molar-refractivity contribution in [3.8, 4) is 0 Å². The van der Waals surface area contributed by atoms with Gasteiger partial charge in [0.1, 0.15) is 18.2 Å². The Bertz CT molecular complexity index is 838. The second-order valence-electron chi connectivity index (χ2n) is 9.11. The first-order valence-corrected chi connectivity index (χ1v) is 11.2. The maximum absolute atomic E-state index is 12.5. The summed E-state index contributed by atoms with van der Waals surface area (Å²) in [6.07, 6.45) is 8.30. The number of carbonyl (C=O) groups excluding carboxylic acids is 2. The standard InChI is InChI=1S/C22H26N2O3S/c25-19(11-22-8-14-5-15(9-22)7-16(6-14)10-22)23-12-21(26)27-13-20-24-17-3-1-2-4-18(17)28-20/h1-4,14-16H,5-13H2,(H,23,25). The second kappa shape index (κ2) is 7.14. The zero-order valence-corrected chi connectivity index (χ0v) is 16.8. The van der Waals surface area contributed by atoms with Gasteiger partial charge in [-0.2, -0.15) is 0 Å². The molecule has 28 heavy (non-hydrogen) atoms. The molecule has 6 heteroatoms. The third-order valence-electron chi connectivity index (χ3n) is 6.83. The van der Waals surface area contributed by atoms with Crippen LogP contribution in [0.1, 0.15) is 50.0 Å². The highest BCUT2D eigenvalue weighted by atomic mass is 32.1. The van der Waals surface area contributed by atoms with Gasteiger partial charge in [-0.05, 0) is 73.8 Å². The molecule has 4 fully saturated rings. The highest BCUT2D eigenvalue weighted by Gasteiger charge is 2.51. The molecular weight excluding hydrogens is 372 g/mol. The summed E-state index contributed by atoms with van der Waals surface area (Å²) in [7, 11) is 0. The summed E-state index contributed by atoms with van der Waals surface area (Å²) < 4.78 is 6.38. The van der Waals surface area contributed by atoms with Gasteiger partial charge < -0.3 is 10.1 Å². The molecule has 2 aromatic rings. The lowest BCUT2D eigenvalue weighted by atomic mass is 9.49. The highest BCUT2D eigenvalue weighted by molar-refractivity contribution is 7.18. The smallest absolute Gasteiger partial charge is 0.325 e. The van der Waals surface area contributed by atoms with Crippen molar-refractivity contribution in [1.29, 1.82) is 0 Å². The van der Waals surface area contributed by atoms with Gasteiger partial charge in [0.15, 0.2) is 0 Å². The predicted octanol–water partition coefficient (Wildman–Crippen LogP) is 4.06. The maximum atomic E-state index is 12.5. The van der Waals surface area contributed by atoms with Crippen LogP contribution in [0.15, 0.2) is 24.3 Å². The molecule has 4 bridgehead atoms. The zero-order valence-electron chi connectivity index (χ0n) is 16.0. The number of benzene rings is 1. The molecule has 1 aromatic heterocycles. The largest absolute Gasteiger partial charge is 0.457 e. The molecular formula is C22H26N2O3S. The molecule has 148 valence electrons. The minimum atomic E-state index is -0.405. The molecule has 6 rings (SSSR count). The molecule has 4 aliphatic carbocycles. The summed E-state index contributed by atoms with van der Waals surface area (Å²) in [5.74, 6) is 2.09. The van der Waals surface area contributed by atoms with Crippen LogP contribution in [0.4, 0.5) is 0 Å². The number of thiazole rings is 1. The quantitative estimate of drug-likeness (QED) is 0.745. The lowest BCUT2D eigenvalue weighted by Crippen LogP contribution is -2.48. The number of rotatable bonds is 6. The van der Waals surface area contributed by atoms with Crippen LogP contribution in [0.3, 0.4) is 0 Å². The number of esters is 1. The van der Waals surface area contributed by atoms with Crippen molar-refractivity contribution in [2.75, 3.05) is 6.54 Å². The van der Waals surface area contributed by atoms with Crippen LogP contribution in [0.2, 0.25) is 0 Å². The first kappa shape index (κ1) is 18.1. The molecule has 1 amide bonds. The predicted molar refractivity (Wildman–Crippen MR) is 108 cm³/mol. The van der Waals surface area contributed by atoms with Gasteiger partial charge in [0.25, 0.3) is 0 Å². The Hall–Kier alpha value is -1.95. The van der Waals surface area contributed by atoms with Crippen molar-refractivity contribution < 1.29 is 14.3 Å². The van der Waals surface area contributed by atoms with Crippen molar-refractivity contribution in [2.45, 2.75) is 51.6 Å². The lowest BCUT2D eigenvalue weighted by Gasteiger charge is -2.56. The van der Waals surface area contributed by atoms with Gasteiger partial charge in [-0.1, -0.05) is 12.1 Å². The third-order valence-corrected chi connectivity index (χ3v) is 7.84. The monoisotopic (exact) mass is 398 g/mol. The van der Waals surface area contributed by atoms with E-state index in [1.54, 1.807) is 0 Å². The van der Waals surface area contributed by atoms with E-state index >= 15 is 0 Å². The number of para-hydroxylation sites is 1. The van der Waals surface area contributed by atoms with E-state index in [0.717, 1.165) is 33.0 Å². The van der Waals surface area contributed by atoms with E-state index in [0.29, 0.717) is 6.42 Å². The number of amides is 1. The Morgan fingerprint density at radius 1 is 1.11 bits per heavy atom. The average molecular weight is 399 g/mol. The highest BCUT2D eigenvalue weighted by Crippen LogP contribution is 2.61. The van der Waals surface area contributed by atoms with Crippen LogP contribution in [0.5, 0.6) is 0 Å². The number of hydrogen-bond donors (Lipinski definition) is 1. The molecule has 1 aromatic carbocycles. The van der Waals surface area contributed by atoms with Crippen LogP contribution in [0.25, 0.3) is 10.2 Å². The summed E-state index contributed by atoms with van der Waals surface area (Å²) in [6.45, 7) is 0.0964. The van der Waals surface area contributed by atoms with Gasteiger partial charge in [0.2, 0.25) is 5.91 Å². The van der Waals surface area contributed by atoms with Crippen molar-refractivity contribution in [2.24, 2.45) is 23.2 Å². The molecule has 0 radical (unpaired) electrons. The molecule has 4 aliphatic rings. The van der Waals surface area contributed by atoms with Crippen LogP contribution in [0, 0.1) is 23.2 Å². The van der Waals surface area contributed by atoms with E-state index < -0.39 is 5.97 Å². The summed E-state index contributed by atoms with van der Waals surface area (Å²) in [5.41, 5.74) is 1.12. The fourth-order valence-corrected chi connectivity index (χ4v) is 7.14. The van der Waals surface area contributed by atoms with E-state index in [1.807, 2.05) is 24.3 Å². The Kier molecular flexibility index (Phi) is 4.62. The molecule has 0 spiro atoms. The van der Waals surface area contributed by atoms with Crippen molar-refractivity contribution >= 4 is 33.4 Å². The van der Waals surface area contributed by atoms with Gasteiger partial charge >= 0.3 is 5.97 Å². The molecule has 5 nitrogen and oxygen atoms in total. The van der Waals surface area contributed by atoms with Gasteiger partial charge in [0, 0.05) is 6.42 Å². The number of nitrogens with zero attached hydrogens (tertiary/aromatic N) is 1. The second-order valence-corrected chi connectivity index (χ2v) is 10.2. The van der Waals surface area contributed by atoms with E-state index in [9.17, 15) is 9.59 Å². The minimum Gasteiger partial charge on any atom is -0.457 e. The third kappa shape index (κ3) is 3.66. The Morgan fingerprint density at radius 2 is 1.79 bits per heavy atom. The Labute approximate surface area is 168 Å². The summed E-state index contributed by atoms with van der Waals surface area (Å²) in [4.78, 5) is 29.0. The topological polar surface area (TPSA) is 68.3 Å². The summed E-state index contributed by atoms with van der Waals surface area (Å²) in [5, 5.41) is 3.56. The normalized spacial score (nSPS) is 30.5. The SMILES string of the molecule is O=C(CC12CC3CC(CC(C3)C1)C2)NCC(=O)OCc1nc2ccccc2s1. The molecule has 1 N–H and O–H groups in total. The van der Waals surface area contributed by atoms with E-state index in [4.69, 9.17) is 4.74 Å². The van der Waals surface area contributed by atoms with Gasteiger partial charge in [0.05, 0.1) is 10.2 Å². The van der Waals surface area contributed by atoms with Gasteiger partial charge in [-0.25, -0.2) is 4.98 Å². The number of hydrogen-bond acceptors (Lipinski definition) is 5. The molecule has 0 unspecified atom stereocenters. The number of nitrogens with one attached hydrogen (secondary N) is 1. The van der Waals surface area contributed by atoms with Crippen molar-refractivity contribution in [3.63, 3.8) is 0 Å². The molecule has 4 saturated carbocycles. The number of aromatic nitrogens is 1. The van der Waals surface area contributed by atoms with Gasteiger partial charge in [-0.15, -0.1) is 11.3 Å². The molecule has 0 saturated heterocycles. The average Bonchev–Trinajstić information content (AvgIpc) is 3.06. The Morgan fingerprint density at radius 3 is 2.46 bits per heavy atom. The zero-order chi connectivity index (χ0) is 19.1. The van der Waals surface area contributed by atoms with Crippen LogP contribution in [-0.4, -0.2) is 23.4 Å². The number of carbonyl (C=O) groups is 2. The summed E-state index contributed by atoms with van der Waals surface area (Å²) >= 11 is 1.52. The fraction of sp³-hybridized carbons (Fsp3) is 0.591. The fourth-order valence-electron chi connectivity index (χ4n) is 6.26. The van der Waals surface area contributed by atoms with Crippen LogP contribution >= 0.6 is 11.3 Å². The molecule has 0 aliphatic heterocycles. The first-order chi connectivity index (χ1) is 13.6. The van der Waals surface area contributed by atoms with Crippen molar-refractivity contribution in [1.82, 2.24) is 10.3 Å². The van der Waals surface area contributed by atoms with E-state index in [1.165, 1.54) is 49.9 Å². The minimum absolute atomic E-state index is 0.00103. The van der Waals surface area contributed by atoms with Gasteiger partial charge in [-0.3, -0.25) is 9.59 Å². The first-order valence-electron chi connectivity index (χ1n) is 10.3. The van der Waals surface area contributed by atoms with Crippen LogP contribution < -0.4 is 5.32 Å².